The molecular formula is C20H17N3O2S. The molecule has 0 atom stereocenters. The Morgan fingerprint density at radius 3 is 2.46 bits per heavy atom. The van der Waals surface area contributed by atoms with Crippen LogP contribution < -0.4 is 10.6 Å². The number of amides is 2. The predicted octanol–water partition coefficient (Wildman–Crippen LogP) is 3.95. The molecule has 0 unspecified atom stereocenters. The van der Waals surface area contributed by atoms with Crippen LogP contribution in [0.4, 0.5) is 5.69 Å². The molecule has 0 saturated heterocycles. The minimum Gasteiger partial charge on any atom is -0.349 e. The van der Waals surface area contributed by atoms with Gasteiger partial charge in [0.05, 0.1) is 11.3 Å². The number of anilines is 1. The van der Waals surface area contributed by atoms with Gasteiger partial charge >= 0.3 is 0 Å². The van der Waals surface area contributed by atoms with Gasteiger partial charge < -0.3 is 10.6 Å². The molecule has 0 aliphatic heterocycles. The summed E-state index contributed by atoms with van der Waals surface area (Å²) in [4.78, 5) is 29.3. The van der Waals surface area contributed by atoms with Crippen molar-refractivity contribution in [2.75, 3.05) is 5.32 Å². The Kier molecular flexibility index (Phi) is 4.50. The third-order valence-electron chi connectivity index (χ3n) is 4.09. The van der Waals surface area contributed by atoms with Crippen LogP contribution in [-0.2, 0) is 0 Å². The topological polar surface area (TPSA) is 71.1 Å². The summed E-state index contributed by atoms with van der Waals surface area (Å²) in [5.74, 6) is -0.484. The average Bonchev–Trinajstić information content (AvgIpc) is 3.34. The Bertz CT molecular complexity index is 948. The van der Waals surface area contributed by atoms with Crippen LogP contribution in [0.3, 0.4) is 0 Å². The number of aromatic nitrogens is 1. The number of hydrogen-bond acceptors (Lipinski definition) is 4. The maximum atomic E-state index is 12.6. The number of nitrogens with one attached hydrogen (secondary N) is 2. The van der Waals surface area contributed by atoms with Crippen molar-refractivity contribution < 1.29 is 9.59 Å². The van der Waals surface area contributed by atoms with Gasteiger partial charge in [-0.3, -0.25) is 9.59 Å². The highest BCUT2D eigenvalue weighted by Gasteiger charge is 2.25. The van der Waals surface area contributed by atoms with E-state index in [9.17, 15) is 9.59 Å². The van der Waals surface area contributed by atoms with Crippen molar-refractivity contribution in [1.29, 1.82) is 0 Å². The van der Waals surface area contributed by atoms with Crippen molar-refractivity contribution in [1.82, 2.24) is 10.3 Å². The fourth-order valence-electron chi connectivity index (χ4n) is 2.56. The van der Waals surface area contributed by atoms with Gasteiger partial charge in [-0.05, 0) is 25.0 Å². The molecule has 2 N–H and O–H groups in total. The molecule has 3 aromatic rings. The van der Waals surface area contributed by atoms with Gasteiger partial charge in [-0.25, -0.2) is 4.98 Å². The smallest absolute Gasteiger partial charge is 0.275 e. The summed E-state index contributed by atoms with van der Waals surface area (Å²) in [5, 5.41) is 8.27. The number of hydrogen-bond donors (Lipinski definition) is 2. The average molecular weight is 363 g/mol. The fourth-order valence-corrected chi connectivity index (χ4v) is 3.36. The summed E-state index contributed by atoms with van der Waals surface area (Å²) in [6.45, 7) is 0. The maximum absolute atomic E-state index is 12.6. The van der Waals surface area contributed by atoms with E-state index in [0.717, 1.165) is 23.4 Å². The molecule has 2 amide bonds. The van der Waals surface area contributed by atoms with Crippen LogP contribution in [0.5, 0.6) is 0 Å². The van der Waals surface area contributed by atoms with Crippen molar-refractivity contribution in [3.05, 3.63) is 71.2 Å². The van der Waals surface area contributed by atoms with Crippen molar-refractivity contribution in [2.45, 2.75) is 18.9 Å². The Hall–Kier alpha value is -2.99. The Morgan fingerprint density at radius 2 is 1.69 bits per heavy atom. The van der Waals surface area contributed by atoms with Gasteiger partial charge in [0, 0.05) is 17.0 Å². The first-order chi connectivity index (χ1) is 12.7. The lowest BCUT2D eigenvalue weighted by molar-refractivity contribution is 0.0952. The zero-order valence-corrected chi connectivity index (χ0v) is 14.8. The molecule has 1 saturated carbocycles. The first-order valence-electron chi connectivity index (χ1n) is 8.43. The monoisotopic (exact) mass is 363 g/mol. The summed E-state index contributed by atoms with van der Waals surface area (Å²) in [6, 6.07) is 17.0. The van der Waals surface area contributed by atoms with Crippen LogP contribution in [-0.4, -0.2) is 22.8 Å². The molecule has 1 fully saturated rings. The van der Waals surface area contributed by atoms with E-state index < -0.39 is 0 Å². The molecule has 0 spiro atoms. The summed E-state index contributed by atoms with van der Waals surface area (Å²) >= 11 is 1.42. The molecule has 2 aromatic carbocycles. The zero-order chi connectivity index (χ0) is 17.9. The van der Waals surface area contributed by atoms with Crippen LogP contribution >= 0.6 is 11.3 Å². The largest absolute Gasteiger partial charge is 0.349 e. The standard InChI is InChI=1S/C20H17N3O2S/c24-18(21-14-10-11-14)15-8-4-5-9-16(15)22-19(25)17-12-26-20(23-17)13-6-2-1-3-7-13/h1-9,12,14H,10-11H2,(H,21,24)(H,22,25). The highest BCUT2D eigenvalue weighted by Crippen LogP contribution is 2.25. The summed E-state index contributed by atoms with van der Waals surface area (Å²) in [6.07, 6.45) is 2.03. The Morgan fingerprint density at radius 1 is 0.962 bits per heavy atom. The second-order valence-electron chi connectivity index (χ2n) is 6.15. The molecule has 1 heterocycles. The van der Waals surface area contributed by atoms with Crippen molar-refractivity contribution in [3.8, 4) is 10.6 Å². The molecule has 5 nitrogen and oxygen atoms in total. The molecule has 1 aliphatic rings. The third-order valence-corrected chi connectivity index (χ3v) is 4.98. The molecule has 1 aromatic heterocycles. The quantitative estimate of drug-likeness (QED) is 0.721. The number of rotatable bonds is 5. The molecule has 26 heavy (non-hydrogen) atoms. The lowest BCUT2D eigenvalue weighted by Crippen LogP contribution is -2.27. The minimum absolute atomic E-state index is 0.161. The summed E-state index contributed by atoms with van der Waals surface area (Å²) in [5.41, 5.74) is 2.27. The van der Waals surface area contributed by atoms with Gasteiger partial charge in [0.1, 0.15) is 10.7 Å². The van der Waals surface area contributed by atoms with Gasteiger partial charge in [-0.2, -0.15) is 0 Å². The number of thiazole rings is 1. The normalized spacial score (nSPS) is 13.2. The van der Waals surface area contributed by atoms with Crippen molar-refractivity contribution in [2.24, 2.45) is 0 Å². The maximum Gasteiger partial charge on any atom is 0.275 e. The number of para-hydroxylation sites is 1. The number of benzene rings is 2. The van der Waals surface area contributed by atoms with Crippen molar-refractivity contribution >= 4 is 28.8 Å². The van der Waals surface area contributed by atoms with Gasteiger partial charge in [-0.1, -0.05) is 42.5 Å². The lowest BCUT2D eigenvalue weighted by Gasteiger charge is -2.10. The van der Waals surface area contributed by atoms with Crippen LogP contribution in [0.2, 0.25) is 0 Å². The van der Waals surface area contributed by atoms with Crippen LogP contribution in [0, 0.1) is 0 Å². The number of nitrogens with zero attached hydrogens (tertiary/aromatic N) is 1. The molecule has 130 valence electrons. The number of carbonyl (C=O) groups is 2. The summed E-state index contributed by atoms with van der Waals surface area (Å²) < 4.78 is 0. The van der Waals surface area contributed by atoms with E-state index in [0.29, 0.717) is 16.9 Å². The van der Waals surface area contributed by atoms with Crippen LogP contribution in [0.15, 0.2) is 60.0 Å². The van der Waals surface area contributed by atoms with E-state index in [1.54, 1.807) is 29.6 Å². The number of carbonyl (C=O) groups excluding carboxylic acids is 2. The van der Waals surface area contributed by atoms with Crippen molar-refractivity contribution in [3.63, 3.8) is 0 Å². The van der Waals surface area contributed by atoms with E-state index in [4.69, 9.17) is 0 Å². The lowest BCUT2D eigenvalue weighted by atomic mass is 10.1. The first-order valence-corrected chi connectivity index (χ1v) is 9.31. The summed E-state index contributed by atoms with van der Waals surface area (Å²) in [7, 11) is 0. The van der Waals surface area contributed by atoms with Gasteiger partial charge in [0.15, 0.2) is 0 Å². The van der Waals surface area contributed by atoms with Gasteiger partial charge in [0.2, 0.25) is 0 Å². The van der Waals surface area contributed by atoms with E-state index in [-0.39, 0.29) is 17.9 Å². The fraction of sp³-hybridized carbons (Fsp3) is 0.150. The van der Waals surface area contributed by atoms with E-state index in [2.05, 4.69) is 15.6 Å². The minimum atomic E-state index is -0.324. The van der Waals surface area contributed by atoms with Crippen LogP contribution in [0.25, 0.3) is 10.6 Å². The Balaban J connectivity index is 1.52. The highest BCUT2D eigenvalue weighted by molar-refractivity contribution is 7.13. The third kappa shape index (κ3) is 3.65. The second-order valence-corrected chi connectivity index (χ2v) is 7.01. The molecule has 0 bridgehead atoms. The Labute approximate surface area is 155 Å². The van der Waals surface area contributed by atoms with E-state index in [1.807, 2.05) is 30.3 Å². The van der Waals surface area contributed by atoms with E-state index >= 15 is 0 Å². The van der Waals surface area contributed by atoms with Crippen LogP contribution in [0.1, 0.15) is 33.7 Å². The second kappa shape index (κ2) is 7.09. The SMILES string of the molecule is O=C(Nc1ccccc1C(=O)NC1CC1)c1csc(-c2ccccc2)n1. The molecule has 4 rings (SSSR count). The van der Waals surface area contributed by atoms with Gasteiger partial charge in [-0.15, -0.1) is 11.3 Å². The van der Waals surface area contributed by atoms with Gasteiger partial charge in [0.25, 0.3) is 11.8 Å². The zero-order valence-electron chi connectivity index (χ0n) is 13.9. The molecule has 1 aliphatic carbocycles. The highest BCUT2D eigenvalue weighted by atomic mass is 32.1. The first kappa shape index (κ1) is 16.5. The van der Waals surface area contributed by atoms with E-state index in [1.165, 1.54) is 11.3 Å². The molecular weight excluding hydrogens is 346 g/mol. The molecule has 6 heteroatoms. The predicted molar refractivity (Wildman–Crippen MR) is 102 cm³/mol. The molecule has 0 radical (unpaired) electrons.